The number of unbranched alkanes of at least 4 members (excludes halogenated alkanes) is 3. The molecule has 1 aromatic carbocycles. The largest absolute Gasteiger partial charge is 0.464 e. The monoisotopic (exact) mass is 331 g/mol. The van der Waals surface area contributed by atoms with Gasteiger partial charge in [-0.25, -0.2) is 9.59 Å². The Hall–Kier alpha value is -2.48. The van der Waals surface area contributed by atoms with E-state index in [0.29, 0.717) is 13.0 Å². The van der Waals surface area contributed by atoms with Gasteiger partial charge >= 0.3 is 12.1 Å². The van der Waals surface area contributed by atoms with Crippen molar-refractivity contribution in [3.63, 3.8) is 0 Å². The van der Waals surface area contributed by atoms with E-state index in [2.05, 4.69) is 18.2 Å². The Labute approximate surface area is 143 Å². The molecule has 24 heavy (non-hydrogen) atoms. The maximum absolute atomic E-state index is 12.3. The number of ether oxygens (including phenoxy) is 2. The highest BCUT2D eigenvalue weighted by Crippen LogP contribution is 2.06. The summed E-state index contributed by atoms with van der Waals surface area (Å²) in [7, 11) is 0. The Kier molecular flexibility index (Phi) is 9.79. The molecule has 0 saturated heterocycles. The molecule has 0 aliphatic carbocycles. The summed E-state index contributed by atoms with van der Waals surface area (Å²) in [5.74, 6) is 1.74. The highest BCUT2D eigenvalue weighted by molar-refractivity contribution is 5.81. The number of alkyl carbamates (subject to hydrolysis) is 1. The summed E-state index contributed by atoms with van der Waals surface area (Å²) < 4.78 is 10.1. The minimum absolute atomic E-state index is 0.143. The van der Waals surface area contributed by atoms with Gasteiger partial charge in [-0.1, -0.05) is 62.4 Å². The van der Waals surface area contributed by atoms with Crippen LogP contribution in [0, 0.1) is 12.3 Å². The lowest BCUT2D eigenvalue weighted by Crippen LogP contribution is -2.43. The summed E-state index contributed by atoms with van der Waals surface area (Å²) in [6.45, 7) is 2.33. The van der Waals surface area contributed by atoms with E-state index in [4.69, 9.17) is 15.9 Å². The van der Waals surface area contributed by atoms with Crippen molar-refractivity contribution in [1.82, 2.24) is 5.32 Å². The standard InChI is InChI=1S/C19H25NO4/c1-3-5-6-10-14-23-18(21)17(20-19(22)24-13-4-2)15-16-11-8-7-9-12-16/h2,7-9,11-12,17H,3,5-6,10,13-15H2,1H3,(H,20,22). The van der Waals surface area contributed by atoms with Crippen molar-refractivity contribution in [2.75, 3.05) is 13.2 Å². The smallest absolute Gasteiger partial charge is 0.408 e. The molecule has 0 aliphatic heterocycles. The number of carbonyl (C=O) groups is 2. The average molecular weight is 331 g/mol. The molecular formula is C19H25NO4. The predicted octanol–water partition coefficient (Wildman–Crippen LogP) is 3.08. The SMILES string of the molecule is C#CCOC(=O)NC(Cc1ccccc1)C(=O)OCCCCCC. The molecule has 1 amide bonds. The molecule has 0 fully saturated rings. The van der Waals surface area contributed by atoms with Crippen molar-refractivity contribution in [3.8, 4) is 12.3 Å². The Balaban J connectivity index is 2.57. The zero-order valence-corrected chi connectivity index (χ0v) is 14.1. The van der Waals surface area contributed by atoms with Gasteiger partial charge in [-0.15, -0.1) is 6.42 Å². The van der Waals surface area contributed by atoms with Crippen molar-refractivity contribution < 1.29 is 19.1 Å². The number of nitrogens with one attached hydrogen (secondary N) is 1. The molecule has 0 spiro atoms. The maximum Gasteiger partial charge on any atom is 0.408 e. The first kappa shape index (κ1) is 19.6. The first-order chi connectivity index (χ1) is 11.7. The predicted molar refractivity (Wildman–Crippen MR) is 92.4 cm³/mol. The first-order valence-electron chi connectivity index (χ1n) is 8.24. The molecule has 130 valence electrons. The quantitative estimate of drug-likeness (QED) is 0.406. The van der Waals surface area contributed by atoms with Gasteiger partial charge in [0.15, 0.2) is 6.61 Å². The van der Waals surface area contributed by atoms with Crippen LogP contribution in [0.5, 0.6) is 0 Å². The second-order valence-electron chi connectivity index (χ2n) is 5.40. The fourth-order valence-corrected chi connectivity index (χ4v) is 2.14. The summed E-state index contributed by atoms with van der Waals surface area (Å²) in [6, 6.07) is 8.60. The van der Waals surface area contributed by atoms with Crippen LogP contribution in [-0.2, 0) is 20.7 Å². The summed E-state index contributed by atoms with van der Waals surface area (Å²) in [5.41, 5.74) is 0.919. The third-order valence-corrected chi connectivity index (χ3v) is 3.39. The molecule has 0 saturated carbocycles. The zero-order valence-electron chi connectivity index (χ0n) is 14.1. The van der Waals surface area contributed by atoms with E-state index in [1.807, 2.05) is 30.3 Å². The molecule has 1 atom stereocenters. The van der Waals surface area contributed by atoms with Gasteiger partial charge < -0.3 is 14.8 Å². The number of esters is 1. The highest BCUT2D eigenvalue weighted by Gasteiger charge is 2.23. The van der Waals surface area contributed by atoms with Gasteiger partial charge in [0.2, 0.25) is 0 Å². The van der Waals surface area contributed by atoms with Gasteiger partial charge in [0.05, 0.1) is 6.61 Å². The molecule has 0 heterocycles. The van der Waals surface area contributed by atoms with Gasteiger partial charge in [0.25, 0.3) is 0 Å². The Morgan fingerprint density at radius 1 is 1.17 bits per heavy atom. The Morgan fingerprint density at radius 2 is 1.92 bits per heavy atom. The normalized spacial score (nSPS) is 11.2. The van der Waals surface area contributed by atoms with Crippen LogP contribution in [0.2, 0.25) is 0 Å². The molecule has 0 bridgehead atoms. The molecule has 0 radical (unpaired) electrons. The number of terminal acetylenes is 1. The third-order valence-electron chi connectivity index (χ3n) is 3.39. The summed E-state index contributed by atoms with van der Waals surface area (Å²) in [4.78, 5) is 23.9. The molecule has 0 aliphatic rings. The molecule has 0 aromatic heterocycles. The van der Waals surface area contributed by atoms with E-state index in [-0.39, 0.29) is 6.61 Å². The molecule has 1 unspecified atom stereocenters. The number of carbonyl (C=O) groups excluding carboxylic acids is 2. The summed E-state index contributed by atoms with van der Waals surface area (Å²) in [5, 5.41) is 2.52. The number of hydrogen-bond acceptors (Lipinski definition) is 4. The van der Waals surface area contributed by atoms with Gasteiger partial charge in [0.1, 0.15) is 6.04 Å². The van der Waals surface area contributed by atoms with E-state index < -0.39 is 18.1 Å². The summed E-state index contributed by atoms with van der Waals surface area (Å²) in [6.07, 6.45) is 8.73. The van der Waals surface area contributed by atoms with E-state index in [1.165, 1.54) is 0 Å². The van der Waals surface area contributed by atoms with Crippen LogP contribution in [0.1, 0.15) is 38.2 Å². The van der Waals surface area contributed by atoms with Crippen molar-refractivity contribution in [3.05, 3.63) is 35.9 Å². The van der Waals surface area contributed by atoms with Gasteiger partial charge in [-0.2, -0.15) is 0 Å². The Bertz CT molecular complexity index is 536. The molecule has 1 N–H and O–H groups in total. The second-order valence-corrected chi connectivity index (χ2v) is 5.40. The number of hydrogen-bond donors (Lipinski definition) is 1. The van der Waals surface area contributed by atoms with Crippen molar-refractivity contribution in [2.24, 2.45) is 0 Å². The number of rotatable bonds is 10. The van der Waals surface area contributed by atoms with Crippen LogP contribution in [0.15, 0.2) is 30.3 Å². The van der Waals surface area contributed by atoms with E-state index >= 15 is 0 Å². The van der Waals surface area contributed by atoms with E-state index in [1.54, 1.807) is 0 Å². The van der Waals surface area contributed by atoms with Crippen molar-refractivity contribution in [1.29, 1.82) is 0 Å². The third kappa shape index (κ3) is 8.23. The molecule has 5 heteroatoms. The number of amides is 1. The van der Waals surface area contributed by atoms with Gasteiger partial charge in [-0.3, -0.25) is 0 Å². The van der Waals surface area contributed by atoms with Crippen LogP contribution in [-0.4, -0.2) is 31.3 Å². The lowest BCUT2D eigenvalue weighted by Gasteiger charge is -2.17. The maximum atomic E-state index is 12.3. The van der Waals surface area contributed by atoms with Crippen molar-refractivity contribution in [2.45, 2.75) is 45.1 Å². The highest BCUT2D eigenvalue weighted by atomic mass is 16.6. The fraction of sp³-hybridized carbons (Fsp3) is 0.474. The van der Waals surface area contributed by atoms with Crippen LogP contribution >= 0.6 is 0 Å². The molecular weight excluding hydrogens is 306 g/mol. The van der Waals surface area contributed by atoms with E-state index in [0.717, 1.165) is 31.2 Å². The zero-order chi connectivity index (χ0) is 17.6. The Morgan fingerprint density at radius 3 is 2.58 bits per heavy atom. The molecule has 1 aromatic rings. The minimum Gasteiger partial charge on any atom is -0.464 e. The molecule has 5 nitrogen and oxygen atoms in total. The lowest BCUT2D eigenvalue weighted by atomic mass is 10.1. The summed E-state index contributed by atoms with van der Waals surface area (Å²) >= 11 is 0. The van der Waals surface area contributed by atoms with Crippen LogP contribution < -0.4 is 5.32 Å². The van der Waals surface area contributed by atoms with Crippen LogP contribution in [0.4, 0.5) is 4.79 Å². The van der Waals surface area contributed by atoms with E-state index in [9.17, 15) is 9.59 Å². The van der Waals surface area contributed by atoms with Crippen molar-refractivity contribution >= 4 is 12.1 Å². The topological polar surface area (TPSA) is 64.6 Å². The first-order valence-corrected chi connectivity index (χ1v) is 8.24. The average Bonchev–Trinajstić information content (AvgIpc) is 2.60. The second kappa shape index (κ2) is 12.0. The van der Waals surface area contributed by atoms with Crippen LogP contribution in [0.25, 0.3) is 0 Å². The van der Waals surface area contributed by atoms with Gasteiger partial charge in [-0.05, 0) is 12.0 Å². The van der Waals surface area contributed by atoms with Crippen LogP contribution in [0.3, 0.4) is 0 Å². The van der Waals surface area contributed by atoms with Gasteiger partial charge in [0, 0.05) is 6.42 Å². The molecule has 1 rings (SSSR count). The number of benzene rings is 1. The fourth-order valence-electron chi connectivity index (χ4n) is 2.14. The minimum atomic E-state index is -0.802. The lowest BCUT2D eigenvalue weighted by molar-refractivity contribution is -0.146.